The van der Waals surface area contributed by atoms with Gasteiger partial charge in [0, 0.05) is 16.1 Å². The van der Waals surface area contributed by atoms with E-state index in [9.17, 15) is 10.1 Å². The van der Waals surface area contributed by atoms with Crippen molar-refractivity contribution in [1.29, 1.82) is 0 Å². The minimum Gasteiger partial charge on any atom is -0.314 e. The average molecular weight is 330 g/mol. The molecule has 0 amide bonds. The van der Waals surface area contributed by atoms with Crippen LogP contribution in [0, 0.1) is 17.0 Å². The van der Waals surface area contributed by atoms with Gasteiger partial charge in [0.05, 0.1) is 11.4 Å². The van der Waals surface area contributed by atoms with Gasteiger partial charge < -0.3 is 4.40 Å². The largest absolute Gasteiger partial charge is 0.314 e. The molecule has 2 aromatic heterocycles. The van der Waals surface area contributed by atoms with E-state index < -0.39 is 0 Å². The van der Waals surface area contributed by atoms with E-state index >= 15 is 0 Å². The second-order valence-corrected chi connectivity index (χ2v) is 6.33. The van der Waals surface area contributed by atoms with Gasteiger partial charge in [-0.3, -0.25) is 10.1 Å². The van der Waals surface area contributed by atoms with Crippen molar-refractivity contribution in [2.75, 3.05) is 6.54 Å². The van der Waals surface area contributed by atoms with Crippen molar-refractivity contribution in [3.05, 3.63) is 99.7 Å². The molecular formula is C21H18N2O2. The monoisotopic (exact) mass is 330 g/mol. The highest BCUT2D eigenvalue weighted by atomic mass is 16.6. The number of benzene rings is 2. The highest BCUT2D eigenvalue weighted by Crippen LogP contribution is 2.32. The predicted octanol–water partition coefficient (Wildman–Crippen LogP) is 4.81. The van der Waals surface area contributed by atoms with E-state index in [4.69, 9.17) is 0 Å². The molecule has 25 heavy (non-hydrogen) atoms. The maximum atomic E-state index is 11.3. The summed E-state index contributed by atoms with van der Waals surface area (Å²) in [4.78, 5) is 11.1. The Morgan fingerprint density at radius 3 is 2.44 bits per heavy atom. The minimum absolute atomic E-state index is 0.115. The Balaban J connectivity index is 1.98. The highest BCUT2D eigenvalue weighted by molar-refractivity contribution is 5.84. The molecule has 4 nitrogen and oxygen atoms in total. The van der Waals surface area contributed by atoms with Gasteiger partial charge in [0.1, 0.15) is 0 Å². The molecule has 0 radical (unpaired) electrons. The number of para-hydroxylation sites is 1. The summed E-state index contributed by atoms with van der Waals surface area (Å²) in [7, 11) is 0. The van der Waals surface area contributed by atoms with Gasteiger partial charge in [-0.2, -0.15) is 0 Å². The third-order valence-electron chi connectivity index (χ3n) is 4.76. The Bertz CT molecular complexity index is 1070. The van der Waals surface area contributed by atoms with Crippen molar-refractivity contribution >= 4 is 16.4 Å². The van der Waals surface area contributed by atoms with E-state index in [1.807, 2.05) is 42.5 Å². The molecule has 0 saturated carbocycles. The van der Waals surface area contributed by atoms with Gasteiger partial charge in [0.15, 0.2) is 0 Å². The zero-order valence-corrected chi connectivity index (χ0v) is 13.9. The molecule has 0 spiro atoms. The van der Waals surface area contributed by atoms with Crippen molar-refractivity contribution in [2.24, 2.45) is 0 Å². The first-order valence-corrected chi connectivity index (χ1v) is 8.31. The number of aryl methyl sites for hydroxylation is 1. The minimum atomic E-state index is -0.263. The molecule has 124 valence electrons. The number of fused-ring (bicyclic) bond motifs is 3. The fourth-order valence-electron chi connectivity index (χ4n) is 3.67. The topological polar surface area (TPSA) is 47.5 Å². The van der Waals surface area contributed by atoms with Crippen LogP contribution in [0.25, 0.3) is 16.4 Å². The summed E-state index contributed by atoms with van der Waals surface area (Å²) < 4.78 is 2.19. The van der Waals surface area contributed by atoms with Crippen molar-refractivity contribution in [2.45, 2.75) is 12.8 Å². The Labute approximate surface area is 145 Å². The molecular weight excluding hydrogens is 312 g/mol. The standard InChI is InChI=1S/C21H18N2O2/c1-15-13-18(19(14-22(24)25)16-7-3-2-4-8-16)21-12-11-17-9-5-6-10-20(17)23(15)21/h2-13,19H,14H2,1H3. The lowest BCUT2D eigenvalue weighted by Gasteiger charge is -2.13. The summed E-state index contributed by atoms with van der Waals surface area (Å²) in [5.74, 6) is -0.263. The first-order valence-electron chi connectivity index (χ1n) is 8.31. The molecule has 1 atom stereocenters. The number of aromatic nitrogens is 1. The lowest BCUT2D eigenvalue weighted by atomic mass is 9.91. The summed E-state index contributed by atoms with van der Waals surface area (Å²) in [5.41, 5.74) is 5.22. The van der Waals surface area contributed by atoms with Crippen molar-refractivity contribution in [1.82, 2.24) is 4.40 Å². The SMILES string of the molecule is Cc1cc(C(C[N+](=O)[O-])c2ccccc2)c2ccc3ccccc3n12. The molecule has 0 N–H and O–H groups in total. The van der Waals surface area contributed by atoms with Crippen molar-refractivity contribution < 1.29 is 4.92 Å². The molecule has 2 aromatic carbocycles. The molecule has 0 fully saturated rings. The maximum absolute atomic E-state index is 11.3. The Morgan fingerprint density at radius 2 is 1.68 bits per heavy atom. The van der Waals surface area contributed by atoms with E-state index in [0.717, 1.165) is 33.2 Å². The fourth-order valence-corrected chi connectivity index (χ4v) is 3.67. The number of nitrogens with zero attached hydrogens (tertiary/aromatic N) is 2. The van der Waals surface area contributed by atoms with E-state index in [0.29, 0.717) is 0 Å². The van der Waals surface area contributed by atoms with Crippen LogP contribution in [0.4, 0.5) is 0 Å². The van der Waals surface area contributed by atoms with Crippen LogP contribution in [-0.4, -0.2) is 15.9 Å². The van der Waals surface area contributed by atoms with Crippen molar-refractivity contribution in [3.63, 3.8) is 0 Å². The molecule has 0 aliphatic carbocycles. The van der Waals surface area contributed by atoms with Crippen LogP contribution in [0.5, 0.6) is 0 Å². The summed E-state index contributed by atoms with van der Waals surface area (Å²) >= 11 is 0. The molecule has 0 saturated heterocycles. The second kappa shape index (κ2) is 6.06. The predicted molar refractivity (Wildman–Crippen MR) is 99.8 cm³/mol. The summed E-state index contributed by atoms with van der Waals surface area (Å²) in [6.45, 7) is 1.94. The van der Waals surface area contributed by atoms with Crippen LogP contribution in [0.2, 0.25) is 0 Å². The lowest BCUT2D eigenvalue weighted by molar-refractivity contribution is -0.481. The van der Waals surface area contributed by atoms with Crippen LogP contribution in [0.15, 0.2) is 72.8 Å². The summed E-state index contributed by atoms with van der Waals surface area (Å²) in [5, 5.41) is 12.5. The third-order valence-corrected chi connectivity index (χ3v) is 4.76. The van der Waals surface area contributed by atoms with Gasteiger partial charge in [-0.15, -0.1) is 0 Å². The third kappa shape index (κ3) is 2.66. The molecule has 1 unspecified atom stereocenters. The van der Waals surface area contributed by atoms with Gasteiger partial charge >= 0.3 is 0 Å². The number of nitro groups is 1. The number of hydrogen-bond acceptors (Lipinski definition) is 2. The molecule has 0 aliphatic rings. The van der Waals surface area contributed by atoms with Crippen LogP contribution < -0.4 is 0 Å². The molecule has 0 aliphatic heterocycles. The number of rotatable bonds is 4. The van der Waals surface area contributed by atoms with Crippen LogP contribution in [-0.2, 0) is 0 Å². The summed E-state index contributed by atoms with van der Waals surface area (Å²) in [6, 6.07) is 24.2. The van der Waals surface area contributed by atoms with Crippen LogP contribution in [0.1, 0.15) is 22.7 Å². The van der Waals surface area contributed by atoms with E-state index in [1.165, 1.54) is 0 Å². The zero-order chi connectivity index (χ0) is 17.4. The maximum Gasteiger partial charge on any atom is 0.214 e. The number of hydrogen-bond donors (Lipinski definition) is 0. The lowest BCUT2D eigenvalue weighted by Crippen LogP contribution is -2.13. The first-order chi connectivity index (χ1) is 12.1. The van der Waals surface area contributed by atoms with E-state index in [1.54, 1.807) is 0 Å². The molecule has 4 heteroatoms. The molecule has 4 aromatic rings. The molecule has 4 rings (SSSR count). The Kier molecular flexibility index (Phi) is 3.73. The smallest absolute Gasteiger partial charge is 0.214 e. The van der Waals surface area contributed by atoms with Crippen LogP contribution in [0.3, 0.4) is 0 Å². The normalized spacial score (nSPS) is 12.5. The van der Waals surface area contributed by atoms with E-state index in [2.05, 4.69) is 41.7 Å². The van der Waals surface area contributed by atoms with Gasteiger partial charge in [-0.25, -0.2) is 0 Å². The summed E-state index contributed by atoms with van der Waals surface area (Å²) in [6.07, 6.45) is 0. The molecule has 0 bridgehead atoms. The Morgan fingerprint density at radius 1 is 0.960 bits per heavy atom. The van der Waals surface area contributed by atoms with Gasteiger partial charge in [0.2, 0.25) is 6.54 Å². The van der Waals surface area contributed by atoms with Gasteiger partial charge in [0.25, 0.3) is 0 Å². The molecule has 2 heterocycles. The van der Waals surface area contributed by atoms with Gasteiger partial charge in [-0.1, -0.05) is 54.6 Å². The second-order valence-electron chi connectivity index (χ2n) is 6.33. The highest BCUT2D eigenvalue weighted by Gasteiger charge is 2.24. The van der Waals surface area contributed by atoms with Gasteiger partial charge in [-0.05, 0) is 41.6 Å². The first kappa shape index (κ1) is 15.4. The average Bonchev–Trinajstić information content (AvgIpc) is 2.97. The van der Waals surface area contributed by atoms with Crippen molar-refractivity contribution in [3.8, 4) is 0 Å². The zero-order valence-electron chi connectivity index (χ0n) is 13.9. The Hall–Kier alpha value is -3.14. The fraction of sp³-hybridized carbons (Fsp3) is 0.143. The quantitative estimate of drug-likeness (QED) is 0.398. The number of pyridine rings is 1. The van der Waals surface area contributed by atoms with E-state index in [-0.39, 0.29) is 17.4 Å². The van der Waals surface area contributed by atoms with Crippen LogP contribution >= 0.6 is 0 Å².